The van der Waals surface area contributed by atoms with E-state index in [1.807, 2.05) is 4.90 Å². The van der Waals surface area contributed by atoms with Gasteiger partial charge in [-0.15, -0.1) is 12.4 Å². The van der Waals surface area contributed by atoms with E-state index in [0.29, 0.717) is 11.7 Å². The number of halogens is 1. The van der Waals surface area contributed by atoms with Crippen molar-refractivity contribution in [2.75, 3.05) is 6.54 Å². The molecule has 1 unspecified atom stereocenters. The first-order valence-corrected chi connectivity index (χ1v) is 12.2. The first kappa shape index (κ1) is 26.2. The topological polar surface area (TPSA) is 92.0 Å². The lowest BCUT2D eigenvalue weighted by molar-refractivity contribution is 0.283. The zero-order chi connectivity index (χ0) is 21.9. The molecule has 1 atom stereocenters. The molecule has 1 aliphatic heterocycles. The Morgan fingerprint density at radius 2 is 1.66 bits per heavy atom. The van der Waals surface area contributed by atoms with E-state index in [0.717, 1.165) is 31.4 Å². The number of rotatable bonds is 13. The standard InChI is InChI=1S/C25H39N5O.ClH/c1-2-3-4-5-6-7-8-9-10-11-13-20-15-17-21(18-16-20)23-28-24(31-29-23)22-14-12-19-30(22)25(26)27;/h15-18,22H,2-14,19H2,1H3,(H3,26,27);1H. The monoisotopic (exact) mass is 461 g/mol. The van der Waals surface area contributed by atoms with E-state index >= 15 is 0 Å². The molecule has 1 aromatic heterocycles. The zero-order valence-electron chi connectivity index (χ0n) is 19.5. The van der Waals surface area contributed by atoms with Crippen molar-refractivity contribution in [3.8, 4) is 11.4 Å². The van der Waals surface area contributed by atoms with Crippen LogP contribution in [0.15, 0.2) is 28.8 Å². The van der Waals surface area contributed by atoms with Crippen LogP contribution in [0, 0.1) is 5.41 Å². The Hall–Kier alpha value is -2.08. The van der Waals surface area contributed by atoms with Gasteiger partial charge in [0.15, 0.2) is 5.96 Å². The van der Waals surface area contributed by atoms with Crippen molar-refractivity contribution in [1.29, 1.82) is 5.41 Å². The van der Waals surface area contributed by atoms with E-state index in [1.165, 1.54) is 69.8 Å². The molecule has 1 fully saturated rings. The lowest BCUT2D eigenvalue weighted by atomic mass is 10.0. The number of aromatic nitrogens is 2. The summed E-state index contributed by atoms with van der Waals surface area (Å²) in [5.74, 6) is 1.23. The van der Waals surface area contributed by atoms with E-state index < -0.39 is 0 Å². The molecule has 1 aromatic carbocycles. The van der Waals surface area contributed by atoms with Gasteiger partial charge in [0.1, 0.15) is 6.04 Å². The number of nitrogens with two attached hydrogens (primary N) is 1. The molecule has 3 N–H and O–H groups in total. The molecule has 0 bridgehead atoms. The smallest absolute Gasteiger partial charge is 0.249 e. The van der Waals surface area contributed by atoms with Crippen LogP contribution < -0.4 is 5.73 Å². The van der Waals surface area contributed by atoms with Crippen molar-refractivity contribution in [3.63, 3.8) is 0 Å². The summed E-state index contributed by atoms with van der Waals surface area (Å²) in [6, 6.07) is 8.44. The van der Waals surface area contributed by atoms with Crippen LogP contribution in [-0.2, 0) is 6.42 Å². The van der Waals surface area contributed by atoms with Crippen LogP contribution in [0.25, 0.3) is 11.4 Å². The highest BCUT2D eigenvalue weighted by molar-refractivity contribution is 5.85. The van der Waals surface area contributed by atoms with Gasteiger partial charge in [0.25, 0.3) is 0 Å². The second-order valence-electron chi connectivity index (χ2n) is 8.82. The minimum atomic E-state index is -0.0747. The summed E-state index contributed by atoms with van der Waals surface area (Å²) in [4.78, 5) is 6.41. The largest absolute Gasteiger partial charge is 0.370 e. The minimum Gasteiger partial charge on any atom is -0.370 e. The molecule has 0 aliphatic carbocycles. The number of aryl methyl sites for hydroxylation is 1. The summed E-state index contributed by atoms with van der Waals surface area (Å²) in [6.45, 7) is 3.04. The molecular weight excluding hydrogens is 422 g/mol. The van der Waals surface area contributed by atoms with Crippen LogP contribution >= 0.6 is 12.4 Å². The fraction of sp³-hybridized carbons (Fsp3) is 0.640. The van der Waals surface area contributed by atoms with Crippen molar-refractivity contribution in [2.45, 2.75) is 96.4 Å². The molecule has 6 nitrogen and oxygen atoms in total. The number of unbranched alkanes of at least 4 members (excludes halogenated alkanes) is 9. The summed E-state index contributed by atoms with van der Waals surface area (Å²) in [7, 11) is 0. The molecule has 2 aromatic rings. The van der Waals surface area contributed by atoms with E-state index in [2.05, 4.69) is 41.3 Å². The maximum Gasteiger partial charge on any atom is 0.249 e. The van der Waals surface area contributed by atoms with Crippen molar-refractivity contribution >= 4 is 18.4 Å². The summed E-state index contributed by atoms with van der Waals surface area (Å²) < 4.78 is 5.50. The highest BCUT2D eigenvalue weighted by Crippen LogP contribution is 2.31. The zero-order valence-corrected chi connectivity index (χ0v) is 20.3. The van der Waals surface area contributed by atoms with Crippen molar-refractivity contribution in [3.05, 3.63) is 35.7 Å². The van der Waals surface area contributed by atoms with Crippen LogP contribution in [-0.4, -0.2) is 27.5 Å². The molecule has 1 saturated heterocycles. The number of nitrogens with one attached hydrogen (secondary N) is 1. The van der Waals surface area contributed by atoms with Gasteiger partial charge in [-0.2, -0.15) is 4.98 Å². The molecule has 1 aliphatic rings. The van der Waals surface area contributed by atoms with Gasteiger partial charge in [-0.3, -0.25) is 5.41 Å². The van der Waals surface area contributed by atoms with E-state index in [1.54, 1.807) is 0 Å². The van der Waals surface area contributed by atoms with Gasteiger partial charge in [0.2, 0.25) is 11.7 Å². The number of likely N-dealkylation sites (tertiary alicyclic amines) is 1. The van der Waals surface area contributed by atoms with Gasteiger partial charge in [-0.05, 0) is 31.2 Å². The number of benzene rings is 1. The molecule has 32 heavy (non-hydrogen) atoms. The van der Waals surface area contributed by atoms with Crippen LogP contribution in [0.4, 0.5) is 0 Å². The number of nitrogens with zero attached hydrogens (tertiary/aromatic N) is 3. The summed E-state index contributed by atoms with van der Waals surface area (Å²) in [6.07, 6.45) is 16.7. The quantitative estimate of drug-likeness (QED) is 0.198. The highest BCUT2D eigenvalue weighted by atomic mass is 35.5. The van der Waals surface area contributed by atoms with Crippen molar-refractivity contribution in [2.24, 2.45) is 5.73 Å². The SMILES string of the molecule is CCCCCCCCCCCCc1ccc(-c2noc(C3CCCN3C(=N)N)n2)cc1.Cl. The Bertz CT molecular complexity index is 792. The molecule has 3 rings (SSSR count). The van der Waals surface area contributed by atoms with Gasteiger partial charge >= 0.3 is 0 Å². The van der Waals surface area contributed by atoms with Crippen LogP contribution in [0.2, 0.25) is 0 Å². The second-order valence-corrected chi connectivity index (χ2v) is 8.82. The summed E-state index contributed by atoms with van der Waals surface area (Å²) >= 11 is 0. The molecule has 0 radical (unpaired) electrons. The highest BCUT2D eigenvalue weighted by Gasteiger charge is 2.31. The third-order valence-corrected chi connectivity index (χ3v) is 6.32. The van der Waals surface area contributed by atoms with Gasteiger partial charge in [-0.25, -0.2) is 0 Å². The van der Waals surface area contributed by atoms with Crippen LogP contribution in [0.5, 0.6) is 0 Å². The second kappa shape index (κ2) is 14.1. The average molecular weight is 462 g/mol. The summed E-state index contributed by atoms with van der Waals surface area (Å²) in [5.41, 5.74) is 8.01. The maximum atomic E-state index is 7.71. The fourth-order valence-electron chi connectivity index (χ4n) is 4.44. The Balaban J connectivity index is 0.00000363. The third kappa shape index (κ3) is 7.80. The van der Waals surface area contributed by atoms with Gasteiger partial charge in [-0.1, -0.05) is 94.1 Å². The molecule has 0 spiro atoms. The fourth-order valence-corrected chi connectivity index (χ4v) is 4.44. The van der Waals surface area contributed by atoms with E-state index in [-0.39, 0.29) is 24.4 Å². The predicted molar refractivity (Wildman–Crippen MR) is 133 cm³/mol. The molecule has 0 saturated carbocycles. The molecule has 178 valence electrons. The van der Waals surface area contributed by atoms with Gasteiger partial charge in [0.05, 0.1) is 0 Å². The van der Waals surface area contributed by atoms with Crippen LogP contribution in [0.3, 0.4) is 0 Å². The molecular formula is C25H40ClN5O. The lowest BCUT2D eigenvalue weighted by Crippen LogP contribution is -2.35. The number of hydrogen-bond donors (Lipinski definition) is 2. The van der Waals surface area contributed by atoms with Gasteiger partial charge in [0, 0.05) is 12.1 Å². The Labute approximate surface area is 199 Å². The Morgan fingerprint density at radius 3 is 2.28 bits per heavy atom. The first-order valence-electron chi connectivity index (χ1n) is 12.2. The van der Waals surface area contributed by atoms with Gasteiger partial charge < -0.3 is 15.2 Å². The number of hydrogen-bond acceptors (Lipinski definition) is 4. The predicted octanol–water partition coefficient (Wildman–Crippen LogP) is 6.65. The Kier molecular flexibility index (Phi) is 11.6. The van der Waals surface area contributed by atoms with Crippen LogP contribution in [0.1, 0.15) is 101 Å². The minimum absolute atomic E-state index is 0. The van der Waals surface area contributed by atoms with Crippen molar-refractivity contribution < 1.29 is 4.52 Å². The Morgan fingerprint density at radius 1 is 1.03 bits per heavy atom. The summed E-state index contributed by atoms with van der Waals surface area (Å²) in [5, 5.41) is 11.9. The molecule has 0 amide bonds. The van der Waals surface area contributed by atoms with E-state index in [4.69, 9.17) is 15.7 Å². The lowest BCUT2D eigenvalue weighted by Gasteiger charge is -2.21. The van der Waals surface area contributed by atoms with Crippen molar-refractivity contribution in [1.82, 2.24) is 15.0 Å². The average Bonchev–Trinajstić information content (AvgIpc) is 3.45. The van der Waals surface area contributed by atoms with E-state index in [9.17, 15) is 0 Å². The number of guanidine groups is 1. The molecule has 2 heterocycles. The normalized spacial score (nSPS) is 15.7. The first-order chi connectivity index (χ1) is 15.2. The maximum absolute atomic E-state index is 7.71. The molecule has 7 heteroatoms. The third-order valence-electron chi connectivity index (χ3n) is 6.32.